The van der Waals surface area contributed by atoms with E-state index in [0.717, 1.165) is 0 Å². The molecule has 1 aromatic carbocycles. The maximum Gasteiger partial charge on any atom is 0.284 e. The van der Waals surface area contributed by atoms with E-state index >= 15 is 0 Å². The molecule has 1 aromatic rings. The van der Waals surface area contributed by atoms with E-state index in [4.69, 9.17) is 11.6 Å². The van der Waals surface area contributed by atoms with Gasteiger partial charge >= 0.3 is 0 Å². The van der Waals surface area contributed by atoms with E-state index in [2.05, 4.69) is 6.58 Å². The fraction of sp³-hybridized carbons (Fsp3) is 0.111. The van der Waals surface area contributed by atoms with Crippen molar-refractivity contribution in [1.29, 1.82) is 0 Å². The Balaban J connectivity index is 3.01. The zero-order valence-electron chi connectivity index (χ0n) is 7.27. The number of hydrogen-bond acceptors (Lipinski definition) is 3. The van der Waals surface area contributed by atoms with Gasteiger partial charge in [0.15, 0.2) is 0 Å². The Morgan fingerprint density at radius 3 is 2.93 bits per heavy atom. The van der Waals surface area contributed by atoms with E-state index in [0.29, 0.717) is 15.7 Å². The fourth-order valence-corrected chi connectivity index (χ4v) is 1.81. The van der Waals surface area contributed by atoms with Crippen LogP contribution in [0.5, 0.6) is 0 Å². The number of nitrogens with zero attached hydrogens (tertiary/aromatic N) is 1. The number of nitro groups is 1. The third kappa shape index (κ3) is 2.75. The van der Waals surface area contributed by atoms with Gasteiger partial charge in [-0.1, -0.05) is 17.7 Å². The third-order valence-corrected chi connectivity index (χ3v) is 2.77. The van der Waals surface area contributed by atoms with E-state index in [1.165, 1.54) is 17.8 Å². The Bertz CT molecular complexity index is 368. The fourth-order valence-electron chi connectivity index (χ4n) is 0.904. The van der Waals surface area contributed by atoms with Gasteiger partial charge in [-0.15, -0.1) is 18.3 Å². The summed E-state index contributed by atoms with van der Waals surface area (Å²) in [5.74, 6) is 0.641. The average Bonchev–Trinajstić information content (AvgIpc) is 2.15. The van der Waals surface area contributed by atoms with Crippen LogP contribution in [0.4, 0.5) is 5.69 Å². The minimum atomic E-state index is -0.433. The average molecular weight is 230 g/mol. The topological polar surface area (TPSA) is 43.1 Å². The van der Waals surface area contributed by atoms with Gasteiger partial charge in [0.05, 0.1) is 9.82 Å². The molecule has 3 nitrogen and oxygen atoms in total. The van der Waals surface area contributed by atoms with Gasteiger partial charge in [0.25, 0.3) is 5.69 Å². The van der Waals surface area contributed by atoms with Crippen LogP contribution >= 0.6 is 23.4 Å². The Labute approximate surface area is 90.9 Å². The van der Waals surface area contributed by atoms with Gasteiger partial charge in [-0.2, -0.15) is 0 Å². The van der Waals surface area contributed by atoms with E-state index in [9.17, 15) is 10.1 Å². The number of thioether (sulfide) groups is 1. The van der Waals surface area contributed by atoms with E-state index < -0.39 is 4.92 Å². The molecule has 14 heavy (non-hydrogen) atoms. The van der Waals surface area contributed by atoms with Crippen LogP contribution in [0, 0.1) is 10.1 Å². The summed E-state index contributed by atoms with van der Waals surface area (Å²) in [6, 6.07) is 4.64. The van der Waals surface area contributed by atoms with E-state index in [-0.39, 0.29) is 5.69 Å². The molecule has 0 unspecified atom stereocenters. The lowest BCUT2D eigenvalue weighted by atomic mass is 10.3. The zero-order valence-corrected chi connectivity index (χ0v) is 8.85. The molecule has 0 aliphatic rings. The van der Waals surface area contributed by atoms with Crippen LogP contribution in [0.2, 0.25) is 5.02 Å². The maximum atomic E-state index is 10.6. The van der Waals surface area contributed by atoms with E-state index in [1.54, 1.807) is 18.2 Å². The Hall–Kier alpha value is -1.00. The van der Waals surface area contributed by atoms with Crippen LogP contribution < -0.4 is 0 Å². The predicted octanol–water partition coefficient (Wildman–Crippen LogP) is 3.53. The number of nitro benzene ring substituents is 1. The molecule has 74 valence electrons. The van der Waals surface area contributed by atoms with Gasteiger partial charge in [-0.05, 0) is 12.1 Å². The summed E-state index contributed by atoms with van der Waals surface area (Å²) in [7, 11) is 0. The molecular formula is C9H8ClNO2S. The smallest absolute Gasteiger partial charge is 0.258 e. The van der Waals surface area contributed by atoms with Crippen LogP contribution in [-0.2, 0) is 0 Å². The SMILES string of the molecule is C=CCSc1ccc(Cl)cc1[N+](=O)[O-]. The summed E-state index contributed by atoms with van der Waals surface area (Å²) in [5, 5.41) is 11.0. The minimum absolute atomic E-state index is 0.0457. The van der Waals surface area contributed by atoms with Crippen molar-refractivity contribution in [3.05, 3.63) is 46.0 Å². The lowest BCUT2D eigenvalue weighted by Crippen LogP contribution is -1.90. The summed E-state index contributed by atoms with van der Waals surface area (Å²) < 4.78 is 0. The third-order valence-electron chi connectivity index (χ3n) is 1.47. The van der Waals surface area contributed by atoms with Gasteiger partial charge in [0, 0.05) is 16.8 Å². The number of benzene rings is 1. The van der Waals surface area contributed by atoms with Gasteiger partial charge in [0.2, 0.25) is 0 Å². The van der Waals surface area contributed by atoms with Crippen molar-refractivity contribution in [2.75, 3.05) is 5.75 Å². The first-order chi connectivity index (χ1) is 6.65. The quantitative estimate of drug-likeness (QED) is 0.343. The highest BCUT2D eigenvalue weighted by Gasteiger charge is 2.13. The Kier molecular flexibility index (Phi) is 3.98. The molecule has 0 aliphatic carbocycles. The molecule has 0 bridgehead atoms. The number of hydrogen-bond donors (Lipinski definition) is 0. The first kappa shape index (κ1) is 11.1. The Morgan fingerprint density at radius 1 is 1.64 bits per heavy atom. The molecule has 0 radical (unpaired) electrons. The first-order valence-corrected chi connectivity index (χ1v) is 5.19. The lowest BCUT2D eigenvalue weighted by molar-refractivity contribution is -0.387. The monoisotopic (exact) mass is 229 g/mol. The summed E-state index contributed by atoms with van der Waals surface area (Å²) in [5.41, 5.74) is 0.0457. The lowest BCUT2D eigenvalue weighted by Gasteiger charge is -2.00. The van der Waals surface area contributed by atoms with Gasteiger partial charge < -0.3 is 0 Å². The van der Waals surface area contributed by atoms with Crippen molar-refractivity contribution in [1.82, 2.24) is 0 Å². The second-order valence-corrected chi connectivity index (χ2v) is 3.97. The highest BCUT2D eigenvalue weighted by Crippen LogP contribution is 2.31. The predicted molar refractivity (Wildman–Crippen MR) is 59.0 cm³/mol. The van der Waals surface area contributed by atoms with E-state index in [1.807, 2.05) is 0 Å². The zero-order chi connectivity index (χ0) is 10.6. The molecule has 0 heterocycles. The van der Waals surface area contributed by atoms with Crippen molar-refractivity contribution >= 4 is 29.1 Å². The molecule has 0 atom stereocenters. The second-order valence-electron chi connectivity index (χ2n) is 2.47. The molecule has 0 aliphatic heterocycles. The second kappa shape index (κ2) is 5.02. The summed E-state index contributed by atoms with van der Waals surface area (Å²) in [4.78, 5) is 10.8. The van der Waals surface area contributed by atoms with Gasteiger partial charge in [-0.25, -0.2) is 0 Å². The maximum absolute atomic E-state index is 10.6. The van der Waals surface area contributed by atoms with Crippen molar-refractivity contribution in [3.8, 4) is 0 Å². The summed E-state index contributed by atoms with van der Waals surface area (Å²) in [6.07, 6.45) is 1.70. The molecule has 0 saturated carbocycles. The molecule has 5 heteroatoms. The van der Waals surface area contributed by atoms with Crippen LogP contribution in [0.1, 0.15) is 0 Å². The first-order valence-electron chi connectivity index (χ1n) is 3.83. The highest BCUT2D eigenvalue weighted by molar-refractivity contribution is 7.99. The molecule has 0 saturated heterocycles. The van der Waals surface area contributed by atoms with Gasteiger partial charge in [-0.3, -0.25) is 10.1 Å². The van der Waals surface area contributed by atoms with Crippen molar-refractivity contribution in [2.45, 2.75) is 4.90 Å². The van der Waals surface area contributed by atoms with Crippen LogP contribution in [0.25, 0.3) is 0 Å². The summed E-state index contributed by atoms with van der Waals surface area (Å²) in [6.45, 7) is 3.55. The molecule has 0 amide bonds. The van der Waals surface area contributed by atoms with Crippen LogP contribution in [-0.4, -0.2) is 10.7 Å². The highest BCUT2D eigenvalue weighted by atomic mass is 35.5. The molecule has 0 fully saturated rings. The molecule has 0 N–H and O–H groups in total. The largest absolute Gasteiger partial charge is 0.284 e. The summed E-state index contributed by atoms with van der Waals surface area (Å²) >= 11 is 7.03. The van der Waals surface area contributed by atoms with Crippen molar-refractivity contribution in [3.63, 3.8) is 0 Å². The molecule has 0 aromatic heterocycles. The molecular weight excluding hydrogens is 222 g/mol. The molecule has 1 rings (SSSR count). The minimum Gasteiger partial charge on any atom is -0.258 e. The Morgan fingerprint density at radius 2 is 2.36 bits per heavy atom. The van der Waals surface area contributed by atoms with Gasteiger partial charge in [0.1, 0.15) is 0 Å². The normalized spacial score (nSPS) is 9.79. The van der Waals surface area contributed by atoms with Crippen molar-refractivity contribution < 1.29 is 4.92 Å². The standard InChI is InChI=1S/C9H8ClNO2S/c1-2-5-14-9-4-3-7(10)6-8(9)11(12)13/h2-4,6H,1,5H2. The van der Waals surface area contributed by atoms with Crippen LogP contribution in [0.15, 0.2) is 35.7 Å². The molecule has 0 spiro atoms. The van der Waals surface area contributed by atoms with Crippen LogP contribution in [0.3, 0.4) is 0 Å². The van der Waals surface area contributed by atoms with Crippen molar-refractivity contribution in [2.24, 2.45) is 0 Å². The number of halogens is 1. The number of rotatable bonds is 4.